The van der Waals surface area contributed by atoms with Crippen molar-refractivity contribution < 1.29 is 17.9 Å². The minimum absolute atomic E-state index is 0. The number of halogens is 4. The third kappa shape index (κ3) is 5.35. The fraction of sp³-hybridized carbons (Fsp3) is 0.500. The van der Waals surface area contributed by atoms with Gasteiger partial charge in [0.05, 0.1) is 5.52 Å². The number of aromatic nitrogens is 4. The molecule has 3 unspecified atom stereocenters. The van der Waals surface area contributed by atoms with Crippen molar-refractivity contribution in [2.45, 2.75) is 68.4 Å². The fourth-order valence-electron chi connectivity index (χ4n) is 6.17. The monoisotopic (exact) mass is 592 g/mol. The summed E-state index contributed by atoms with van der Waals surface area (Å²) in [6, 6.07) is 10.4. The number of rotatable bonds is 6. The normalized spacial score (nSPS) is 24.3. The number of pyridine rings is 1. The highest BCUT2D eigenvalue weighted by atomic mass is 35.5. The molecule has 0 amide bonds. The number of hydrogen-bond donors (Lipinski definition) is 1. The molecule has 7 nitrogen and oxygen atoms in total. The van der Waals surface area contributed by atoms with Gasteiger partial charge >= 0.3 is 6.18 Å². The van der Waals surface area contributed by atoms with Crippen LogP contribution in [0.15, 0.2) is 52.3 Å². The second-order valence-corrected chi connectivity index (χ2v) is 11.7. The lowest BCUT2D eigenvalue weighted by Gasteiger charge is -2.36. The molecular formula is C28H32ClF3N6OS. The number of nitrogens with one attached hydrogen (secondary N) is 1. The van der Waals surface area contributed by atoms with Crippen LogP contribution in [0.1, 0.15) is 44.2 Å². The average molecular weight is 593 g/mol. The minimum Gasteiger partial charge on any atom is -0.438 e. The van der Waals surface area contributed by atoms with Crippen LogP contribution in [-0.2, 0) is 11.8 Å². The van der Waals surface area contributed by atoms with E-state index >= 15 is 0 Å². The third-order valence-corrected chi connectivity index (χ3v) is 9.19. The summed E-state index contributed by atoms with van der Waals surface area (Å²) in [4.78, 5) is 8.79. The zero-order valence-electron chi connectivity index (χ0n) is 22.4. The number of benzene rings is 1. The lowest BCUT2D eigenvalue weighted by atomic mass is 9.72. The summed E-state index contributed by atoms with van der Waals surface area (Å²) in [5.74, 6) is 1.04. The number of nitrogens with zero attached hydrogens (tertiary/aromatic N) is 5. The summed E-state index contributed by atoms with van der Waals surface area (Å²) >= 11 is 1.67. The molecule has 0 saturated carbocycles. The number of alkyl halides is 3. The molecule has 1 saturated heterocycles. The van der Waals surface area contributed by atoms with Crippen LogP contribution in [0.4, 0.5) is 13.2 Å². The van der Waals surface area contributed by atoms with Gasteiger partial charge in [0.2, 0.25) is 0 Å². The van der Waals surface area contributed by atoms with Crippen molar-refractivity contribution in [1.29, 1.82) is 0 Å². The SMILES string of the molecule is Cc1ccc2c(-c3nnc(SCCCC4CC5CCC=C6OC(C(F)(F)F)=NC65CCN4)n3C)cccc2n1.Cl. The van der Waals surface area contributed by atoms with E-state index in [1.54, 1.807) is 17.8 Å². The van der Waals surface area contributed by atoms with Crippen LogP contribution in [0.25, 0.3) is 22.3 Å². The zero-order chi connectivity index (χ0) is 27.2. The molecule has 3 atom stereocenters. The maximum atomic E-state index is 13.4. The Morgan fingerprint density at radius 2 is 2.05 bits per heavy atom. The van der Waals surface area contributed by atoms with Gasteiger partial charge in [0, 0.05) is 35.5 Å². The quantitative estimate of drug-likeness (QED) is 0.263. The van der Waals surface area contributed by atoms with Gasteiger partial charge in [-0.25, -0.2) is 4.99 Å². The van der Waals surface area contributed by atoms with Crippen LogP contribution >= 0.6 is 24.2 Å². The highest BCUT2D eigenvalue weighted by Gasteiger charge is 2.55. The topological polar surface area (TPSA) is 77.2 Å². The molecule has 1 aliphatic carbocycles. The van der Waals surface area contributed by atoms with Crippen molar-refractivity contribution in [3.63, 3.8) is 0 Å². The Bertz CT molecular complexity index is 1460. The van der Waals surface area contributed by atoms with E-state index in [2.05, 4.69) is 31.6 Å². The number of hydrogen-bond acceptors (Lipinski definition) is 7. The number of allylic oxidation sites excluding steroid dienone is 1. The Labute approximate surface area is 241 Å². The summed E-state index contributed by atoms with van der Waals surface area (Å²) in [7, 11) is 1.98. The molecule has 214 valence electrons. The van der Waals surface area contributed by atoms with E-state index in [9.17, 15) is 13.2 Å². The first-order chi connectivity index (χ1) is 18.7. The van der Waals surface area contributed by atoms with Gasteiger partial charge in [-0.2, -0.15) is 13.2 Å². The molecule has 4 heterocycles. The highest BCUT2D eigenvalue weighted by molar-refractivity contribution is 7.99. The van der Waals surface area contributed by atoms with E-state index in [1.807, 2.05) is 42.8 Å². The van der Waals surface area contributed by atoms with Gasteiger partial charge in [0.25, 0.3) is 5.90 Å². The van der Waals surface area contributed by atoms with E-state index in [4.69, 9.17) is 4.74 Å². The molecule has 1 N–H and O–H groups in total. The smallest absolute Gasteiger partial charge is 0.438 e. The molecule has 6 rings (SSSR count). The van der Waals surface area contributed by atoms with Gasteiger partial charge in [0.1, 0.15) is 11.3 Å². The number of aryl methyl sites for hydroxylation is 1. The summed E-state index contributed by atoms with van der Waals surface area (Å²) < 4.78 is 47.4. The van der Waals surface area contributed by atoms with Gasteiger partial charge in [-0.3, -0.25) is 4.98 Å². The van der Waals surface area contributed by atoms with Crippen molar-refractivity contribution in [2.24, 2.45) is 18.0 Å². The van der Waals surface area contributed by atoms with E-state index < -0.39 is 17.6 Å². The molecule has 2 aromatic heterocycles. The molecule has 0 radical (unpaired) electrons. The molecule has 3 aliphatic rings. The zero-order valence-corrected chi connectivity index (χ0v) is 24.0. The number of ether oxygens (including phenoxy) is 1. The van der Waals surface area contributed by atoms with Crippen LogP contribution in [0.3, 0.4) is 0 Å². The second kappa shape index (κ2) is 11.3. The number of fused-ring (bicyclic) bond motifs is 1. The second-order valence-electron chi connectivity index (χ2n) is 10.6. The van der Waals surface area contributed by atoms with Crippen LogP contribution in [0, 0.1) is 12.8 Å². The largest absolute Gasteiger partial charge is 0.468 e. The van der Waals surface area contributed by atoms with Crippen molar-refractivity contribution in [3.8, 4) is 11.4 Å². The summed E-state index contributed by atoms with van der Waals surface area (Å²) in [5.41, 5.74) is 2.05. The van der Waals surface area contributed by atoms with E-state index in [0.29, 0.717) is 18.7 Å². The summed E-state index contributed by atoms with van der Waals surface area (Å²) in [6.07, 6.45) is 2.03. The van der Waals surface area contributed by atoms with E-state index in [-0.39, 0.29) is 24.4 Å². The predicted molar refractivity (Wildman–Crippen MR) is 153 cm³/mol. The molecule has 40 heavy (non-hydrogen) atoms. The molecule has 1 fully saturated rings. The van der Waals surface area contributed by atoms with Crippen LogP contribution in [-0.4, -0.2) is 55.7 Å². The number of thioether (sulfide) groups is 1. The minimum atomic E-state index is -4.56. The van der Waals surface area contributed by atoms with E-state index in [0.717, 1.165) is 71.0 Å². The molecule has 3 aromatic rings. The van der Waals surface area contributed by atoms with Crippen molar-refractivity contribution >= 4 is 41.0 Å². The highest BCUT2D eigenvalue weighted by Crippen LogP contribution is 2.49. The lowest BCUT2D eigenvalue weighted by Crippen LogP contribution is -2.39. The first kappa shape index (κ1) is 28.9. The van der Waals surface area contributed by atoms with Crippen LogP contribution in [0.5, 0.6) is 0 Å². The molecule has 12 heteroatoms. The molecule has 2 aliphatic heterocycles. The lowest BCUT2D eigenvalue weighted by molar-refractivity contribution is -0.0731. The Morgan fingerprint density at radius 3 is 2.88 bits per heavy atom. The Kier molecular flexibility index (Phi) is 8.18. The van der Waals surface area contributed by atoms with Gasteiger partial charge < -0.3 is 14.6 Å². The third-order valence-electron chi connectivity index (χ3n) is 8.08. The predicted octanol–water partition coefficient (Wildman–Crippen LogP) is 6.41. The van der Waals surface area contributed by atoms with Crippen molar-refractivity contribution in [3.05, 3.63) is 47.9 Å². The molecular weight excluding hydrogens is 561 g/mol. The van der Waals surface area contributed by atoms with Crippen molar-refractivity contribution in [2.75, 3.05) is 12.3 Å². The van der Waals surface area contributed by atoms with E-state index in [1.165, 1.54) is 0 Å². The standard InChI is InChI=1S/C28H31F3N6OS.ClH/c1-17-11-12-20-21(8-4-9-22(20)33-17)24-35-36-26(37(24)2)39-15-5-7-19-16-18-6-3-10-23-27(18,13-14-32-19)34-25(38-23)28(29,30)31;/h4,8-12,18-19,32H,3,5-7,13-16H2,1-2H3;1H. The molecule has 1 aromatic carbocycles. The molecule has 0 bridgehead atoms. The fourth-order valence-corrected chi connectivity index (χ4v) is 7.04. The van der Waals surface area contributed by atoms with Gasteiger partial charge in [-0.1, -0.05) is 30.0 Å². The van der Waals surface area contributed by atoms with Crippen LogP contribution < -0.4 is 5.32 Å². The number of aliphatic imine (C=N–C) groups is 1. The average Bonchev–Trinajstić information content (AvgIpc) is 3.41. The summed E-state index contributed by atoms with van der Waals surface area (Å²) in [5, 5.41) is 14.4. The first-order valence-electron chi connectivity index (χ1n) is 13.4. The Balaban J connectivity index is 0.00000323. The summed E-state index contributed by atoms with van der Waals surface area (Å²) in [6.45, 7) is 2.60. The Hall–Kier alpha value is -2.63. The van der Waals surface area contributed by atoms with Gasteiger partial charge in [-0.15, -0.1) is 22.6 Å². The van der Waals surface area contributed by atoms with Gasteiger partial charge in [0.15, 0.2) is 11.0 Å². The maximum absolute atomic E-state index is 13.4. The first-order valence-corrected chi connectivity index (χ1v) is 14.4. The van der Waals surface area contributed by atoms with Crippen molar-refractivity contribution in [1.82, 2.24) is 25.1 Å². The maximum Gasteiger partial charge on any atom is 0.468 e. The van der Waals surface area contributed by atoms with Crippen LogP contribution in [0.2, 0.25) is 0 Å². The molecule has 1 spiro atoms. The van der Waals surface area contributed by atoms with Gasteiger partial charge in [-0.05, 0) is 76.1 Å². The Morgan fingerprint density at radius 1 is 1.20 bits per heavy atom.